The van der Waals surface area contributed by atoms with E-state index >= 15 is 0 Å². The topological polar surface area (TPSA) is 88.9 Å². The third kappa shape index (κ3) is 4.39. The Balaban J connectivity index is 2.05. The zero-order chi connectivity index (χ0) is 16.1. The van der Waals surface area contributed by atoms with Crippen LogP contribution >= 0.6 is 11.3 Å². The van der Waals surface area contributed by atoms with Crippen molar-refractivity contribution in [1.82, 2.24) is 20.1 Å². The Bertz CT molecular complexity index is 635. The van der Waals surface area contributed by atoms with Gasteiger partial charge in [-0.05, 0) is 12.3 Å². The van der Waals surface area contributed by atoms with Gasteiger partial charge < -0.3 is 10.6 Å². The number of thiazole rings is 1. The quantitative estimate of drug-likeness (QED) is 0.847. The van der Waals surface area contributed by atoms with Gasteiger partial charge >= 0.3 is 0 Å². The second-order valence-corrected chi connectivity index (χ2v) is 6.28. The maximum absolute atomic E-state index is 12.3. The Morgan fingerprint density at radius 2 is 2.18 bits per heavy atom. The zero-order valence-electron chi connectivity index (χ0n) is 12.7. The summed E-state index contributed by atoms with van der Waals surface area (Å²) in [6.07, 6.45) is 5.25. The van der Waals surface area contributed by atoms with Gasteiger partial charge in [-0.3, -0.25) is 14.3 Å². The van der Waals surface area contributed by atoms with Crippen molar-refractivity contribution in [2.24, 2.45) is 13.0 Å². The first-order valence-corrected chi connectivity index (χ1v) is 7.83. The molecule has 2 amide bonds. The van der Waals surface area contributed by atoms with Gasteiger partial charge in [0.2, 0.25) is 5.91 Å². The first-order chi connectivity index (χ1) is 10.5. The van der Waals surface area contributed by atoms with Crippen molar-refractivity contribution >= 4 is 28.3 Å². The van der Waals surface area contributed by atoms with Crippen LogP contribution in [0.4, 0.5) is 5.13 Å². The van der Waals surface area contributed by atoms with E-state index in [1.807, 2.05) is 13.8 Å². The largest absolute Gasteiger partial charge is 0.340 e. The predicted molar refractivity (Wildman–Crippen MR) is 84.7 cm³/mol. The maximum atomic E-state index is 12.3. The summed E-state index contributed by atoms with van der Waals surface area (Å²) >= 11 is 1.34. The molecule has 7 nitrogen and oxygen atoms in total. The van der Waals surface area contributed by atoms with Crippen LogP contribution < -0.4 is 10.6 Å². The number of carbonyl (C=O) groups excluding carboxylic acids is 2. The number of anilines is 1. The van der Waals surface area contributed by atoms with Crippen molar-refractivity contribution in [3.05, 3.63) is 29.5 Å². The van der Waals surface area contributed by atoms with Crippen molar-refractivity contribution in [1.29, 1.82) is 0 Å². The standard InChI is InChI=1S/C14H19N5O2S/c1-9(2)6-11(13(21)18-14-15-4-5-22-14)17-12(20)10-7-16-19(3)8-10/h4-5,7-9,11H,6H2,1-3H3,(H,17,20)(H,15,18,21). The zero-order valence-corrected chi connectivity index (χ0v) is 13.6. The number of amides is 2. The van der Waals surface area contributed by atoms with Gasteiger partial charge in [-0.2, -0.15) is 5.10 Å². The molecule has 118 valence electrons. The first kappa shape index (κ1) is 16.2. The Hall–Kier alpha value is -2.22. The summed E-state index contributed by atoms with van der Waals surface area (Å²) in [5, 5.41) is 11.7. The number of carbonyl (C=O) groups is 2. The van der Waals surface area contributed by atoms with Gasteiger partial charge in [-0.1, -0.05) is 13.8 Å². The molecule has 0 fully saturated rings. The van der Waals surface area contributed by atoms with Crippen LogP contribution in [0.25, 0.3) is 0 Å². The molecule has 2 aromatic rings. The number of rotatable bonds is 6. The molecule has 0 saturated carbocycles. The molecule has 2 rings (SSSR count). The Morgan fingerprint density at radius 3 is 2.73 bits per heavy atom. The molecule has 0 spiro atoms. The van der Waals surface area contributed by atoms with Crippen LogP contribution in [0.3, 0.4) is 0 Å². The number of nitrogens with one attached hydrogen (secondary N) is 2. The summed E-state index contributed by atoms with van der Waals surface area (Å²) in [6, 6.07) is -0.614. The smallest absolute Gasteiger partial charge is 0.255 e. The average Bonchev–Trinajstić information content (AvgIpc) is 3.08. The fourth-order valence-electron chi connectivity index (χ4n) is 1.96. The van der Waals surface area contributed by atoms with E-state index in [1.165, 1.54) is 17.5 Å². The summed E-state index contributed by atoms with van der Waals surface area (Å²) in [6.45, 7) is 4.00. The molecule has 8 heteroatoms. The van der Waals surface area contributed by atoms with Gasteiger partial charge in [0, 0.05) is 24.8 Å². The Labute approximate surface area is 132 Å². The van der Waals surface area contributed by atoms with Crippen molar-refractivity contribution in [3.8, 4) is 0 Å². The molecule has 0 aliphatic heterocycles. The number of hydrogen-bond donors (Lipinski definition) is 2. The number of hydrogen-bond acceptors (Lipinski definition) is 5. The SMILES string of the molecule is CC(C)CC(NC(=O)c1cnn(C)c1)C(=O)Nc1nccs1. The van der Waals surface area contributed by atoms with Gasteiger partial charge in [0.15, 0.2) is 5.13 Å². The van der Waals surface area contributed by atoms with Crippen molar-refractivity contribution in [2.45, 2.75) is 26.3 Å². The van der Waals surface area contributed by atoms with Gasteiger partial charge in [-0.25, -0.2) is 4.98 Å². The van der Waals surface area contributed by atoms with Gasteiger partial charge in [-0.15, -0.1) is 11.3 Å². The second-order valence-electron chi connectivity index (χ2n) is 5.38. The fourth-order valence-corrected chi connectivity index (χ4v) is 2.49. The van der Waals surface area contributed by atoms with Crippen LogP contribution in [-0.2, 0) is 11.8 Å². The molecule has 0 aliphatic carbocycles. The van der Waals surface area contributed by atoms with E-state index in [0.717, 1.165) is 0 Å². The highest BCUT2D eigenvalue weighted by atomic mass is 32.1. The summed E-state index contributed by atoms with van der Waals surface area (Å²) in [7, 11) is 1.73. The highest BCUT2D eigenvalue weighted by Gasteiger charge is 2.23. The van der Waals surface area contributed by atoms with Crippen LogP contribution in [0.2, 0.25) is 0 Å². The third-order valence-electron chi connectivity index (χ3n) is 2.96. The molecule has 1 unspecified atom stereocenters. The molecular weight excluding hydrogens is 302 g/mol. The summed E-state index contributed by atoms with van der Waals surface area (Å²) in [5.41, 5.74) is 0.429. The van der Waals surface area contributed by atoms with Crippen molar-refractivity contribution in [3.63, 3.8) is 0 Å². The van der Waals surface area contributed by atoms with E-state index in [0.29, 0.717) is 17.1 Å². The average molecular weight is 321 g/mol. The highest BCUT2D eigenvalue weighted by molar-refractivity contribution is 7.13. The van der Waals surface area contributed by atoms with Crippen LogP contribution in [0.5, 0.6) is 0 Å². The summed E-state index contributed by atoms with van der Waals surface area (Å²) in [4.78, 5) is 28.6. The van der Waals surface area contributed by atoms with Crippen LogP contribution in [0.15, 0.2) is 24.0 Å². The second kappa shape index (κ2) is 7.17. The number of nitrogens with zero attached hydrogens (tertiary/aromatic N) is 3. The minimum atomic E-state index is -0.614. The number of aryl methyl sites for hydroxylation is 1. The molecule has 0 bridgehead atoms. The van der Waals surface area contributed by atoms with Gasteiger partial charge in [0.25, 0.3) is 5.91 Å². The molecule has 1 atom stereocenters. The molecule has 2 aromatic heterocycles. The Kier molecular flexibility index (Phi) is 5.26. The normalized spacial score (nSPS) is 12.2. The maximum Gasteiger partial charge on any atom is 0.255 e. The van der Waals surface area contributed by atoms with E-state index in [-0.39, 0.29) is 17.7 Å². The summed E-state index contributed by atoms with van der Waals surface area (Å²) in [5.74, 6) is -0.310. The Morgan fingerprint density at radius 1 is 1.41 bits per heavy atom. The molecule has 2 N–H and O–H groups in total. The highest BCUT2D eigenvalue weighted by Crippen LogP contribution is 2.13. The lowest BCUT2D eigenvalue weighted by Gasteiger charge is -2.19. The minimum Gasteiger partial charge on any atom is -0.340 e. The lowest BCUT2D eigenvalue weighted by molar-refractivity contribution is -0.118. The van der Waals surface area contributed by atoms with E-state index < -0.39 is 6.04 Å². The molecule has 0 aromatic carbocycles. The third-order valence-corrected chi connectivity index (χ3v) is 3.65. The molecule has 0 aliphatic rings. The monoisotopic (exact) mass is 321 g/mol. The van der Waals surface area contributed by atoms with E-state index in [2.05, 4.69) is 20.7 Å². The molecular formula is C14H19N5O2S. The van der Waals surface area contributed by atoms with Crippen LogP contribution in [-0.4, -0.2) is 32.6 Å². The lowest BCUT2D eigenvalue weighted by Crippen LogP contribution is -2.44. The van der Waals surface area contributed by atoms with E-state index in [4.69, 9.17) is 0 Å². The first-order valence-electron chi connectivity index (χ1n) is 6.95. The lowest BCUT2D eigenvalue weighted by atomic mass is 10.0. The minimum absolute atomic E-state index is 0.263. The van der Waals surface area contributed by atoms with Gasteiger partial charge in [0.05, 0.1) is 11.8 Å². The number of aromatic nitrogens is 3. The predicted octanol–water partition coefficient (Wildman–Crippen LogP) is 1.66. The van der Waals surface area contributed by atoms with Crippen molar-refractivity contribution < 1.29 is 9.59 Å². The van der Waals surface area contributed by atoms with E-state index in [9.17, 15) is 9.59 Å². The van der Waals surface area contributed by atoms with Crippen molar-refractivity contribution in [2.75, 3.05) is 5.32 Å². The molecule has 0 saturated heterocycles. The molecule has 2 heterocycles. The van der Waals surface area contributed by atoms with Gasteiger partial charge in [0.1, 0.15) is 6.04 Å². The fraction of sp³-hybridized carbons (Fsp3) is 0.429. The molecule has 0 radical (unpaired) electrons. The van der Waals surface area contributed by atoms with Crippen LogP contribution in [0.1, 0.15) is 30.6 Å². The summed E-state index contributed by atoms with van der Waals surface area (Å²) < 4.78 is 1.54. The molecule has 22 heavy (non-hydrogen) atoms. The van der Waals surface area contributed by atoms with Crippen LogP contribution in [0, 0.1) is 5.92 Å². The van der Waals surface area contributed by atoms with E-state index in [1.54, 1.807) is 29.5 Å².